The van der Waals surface area contributed by atoms with E-state index >= 15 is 0 Å². The molecule has 2 N–H and O–H groups in total. The summed E-state index contributed by atoms with van der Waals surface area (Å²) in [6, 6.07) is 1.85. The number of pyridine rings is 1. The maximum Gasteiger partial charge on any atom is 0.253 e. The van der Waals surface area contributed by atoms with Crippen LogP contribution in [0.2, 0.25) is 0 Å². The highest BCUT2D eigenvalue weighted by atomic mass is 16.2. The largest absolute Gasteiger partial charge is 0.352 e. The molecule has 0 bridgehead atoms. The minimum absolute atomic E-state index is 0.0553. The first kappa shape index (κ1) is 18.4. The lowest BCUT2D eigenvalue weighted by Crippen LogP contribution is -2.36. The summed E-state index contributed by atoms with van der Waals surface area (Å²) >= 11 is 0. The number of carbonyl (C=O) groups excluding carboxylic acids is 3. The number of imide groups is 1. The van der Waals surface area contributed by atoms with Gasteiger partial charge in [-0.2, -0.15) is 0 Å². The summed E-state index contributed by atoms with van der Waals surface area (Å²) in [7, 11) is 0. The average Bonchev–Trinajstić information content (AvgIpc) is 2.83. The summed E-state index contributed by atoms with van der Waals surface area (Å²) in [5, 5.41) is 2.71. The molecule has 1 aliphatic carbocycles. The SMILES string of the molecule is Cc1cc(C)c(CNC(=O)CCN2C(=O)[C@H]3CCCC[C@H]3C2=O)c(=O)[nH]1. The first-order valence-electron chi connectivity index (χ1n) is 9.20. The van der Waals surface area contributed by atoms with Crippen molar-refractivity contribution < 1.29 is 14.4 Å². The second kappa shape index (κ2) is 7.43. The van der Waals surface area contributed by atoms with Gasteiger partial charge in [-0.1, -0.05) is 12.8 Å². The molecular formula is C19H25N3O4. The molecule has 2 fully saturated rings. The molecule has 1 saturated heterocycles. The Balaban J connectivity index is 1.54. The number of rotatable bonds is 5. The van der Waals surface area contributed by atoms with E-state index in [0.717, 1.165) is 36.9 Å². The molecule has 3 amide bonds. The summed E-state index contributed by atoms with van der Waals surface area (Å²) in [6.45, 7) is 3.87. The Kier molecular flexibility index (Phi) is 5.25. The molecule has 2 heterocycles. The zero-order valence-corrected chi connectivity index (χ0v) is 15.3. The molecule has 0 radical (unpaired) electrons. The number of likely N-dealkylation sites (tertiary alicyclic amines) is 1. The van der Waals surface area contributed by atoms with Gasteiger partial charge in [0.2, 0.25) is 17.7 Å². The van der Waals surface area contributed by atoms with Gasteiger partial charge in [0.15, 0.2) is 0 Å². The van der Waals surface area contributed by atoms with Crippen LogP contribution in [0.1, 0.15) is 48.9 Å². The fourth-order valence-corrected chi connectivity index (χ4v) is 4.04. The summed E-state index contributed by atoms with van der Waals surface area (Å²) in [6.07, 6.45) is 3.57. The smallest absolute Gasteiger partial charge is 0.253 e. The first-order chi connectivity index (χ1) is 12.4. The predicted molar refractivity (Wildman–Crippen MR) is 95.2 cm³/mol. The lowest BCUT2D eigenvalue weighted by Gasteiger charge is -2.19. The third kappa shape index (κ3) is 3.57. The van der Waals surface area contributed by atoms with Crippen LogP contribution >= 0.6 is 0 Å². The summed E-state index contributed by atoms with van der Waals surface area (Å²) in [5.74, 6) is -0.905. The van der Waals surface area contributed by atoms with E-state index in [4.69, 9.17) is 0 Å². The second-order valence-corrected chi connectivity index (χ2v) is 7.30. The Morgan fingerprint density at radius 1 is 1.15 bits per heavy atom. The summed E-state index contributed by atoms with van der Waals surface area (Å²) in [5.41, 5.74) is 1.90. The molecule has 1 aliphatic heterocycles. The van der Waals surface area contributed by atoms with Crippen LogP contribution in [0.5, 0.6) is 0 Å². The number of nitrogens with one attached hydrogen (secondary N) is 2. The Morgan fingerprint density at radius 2 is 1.77 bits per heavy atom. The molecule has 2 atom stereocenters. The Morgan fingerprint density at radius 3 is 2.35 bits per heavy atom. The van der Waals surface area contributed by atoms with Crippen molar-refractivity contribution in [2.75, 3.05) is 6.54 Å². The van der Waals surface area contributed by atoms with Crippen molar-refractivity contribution in [1.82, 2.24) is 15.2 Å². The molecule has 0 unspecified atom stereocenters. The highest BCUT2D eigenvalue weighted by Crippen LogP contribution is 2.37. The maximum atomic E-state index is 12.4. The van der Waals surface area contributed by atoms with Gasteiger partial charge in [-0.3, -0.25) is 24.1 Å². The van der Waals surface area contributed by atoms with Crippen molar-refractivity contribution in [2.24, 2.45) is 11.8 Å². The van der Waals surface area contributed by atoms with Crippen molar-refractivity contribution in [2.45, 2.75) is 52.5 Å². The summed E-state index contributed by atoms with van der Waals surface area (Å²) < 4.78 is 0. The van der Waals surface area contributed by atoms with Crippen LogP contribution in [0.4, 0.5) is 0 Å². The van der Waals surface area contributed by atoms with Gasteiger partial charge in [0.05, 0.1) is 11.8 Å². The van der Waals surface area contributed by atoms with Crippen LogP contribution < -0.4 is 10.9 Å². The number of hydrogen-bond acceptors (Lipinski definition) is 4. The van der Waals surface area contributed by atoms with Crippen molar-refractivity contribution >= 4 is 17.7 Å². The van der Waals surface area contributed by atoms with Crippen LogP contribution in [-0.2, 0) is 20.9 Å². The molecule has 7 nitrogen and oxygen atoms in total. The van der Waals surface area contributed by atoms with Crippen molar-refractivity contribution in [1.29, 1.82) is 0 Å². The van der Waals surface area contributed by atoms with E-state index in [1.54, 1.807) is 6.92 Å². The second-order valence-electron chi connectivity index (χ2n) is 7.30. The van der Waals surface area contributed by atoms with E-state index in [0.29, 0.717) is 5.56 Å². The molecule has 3 rings (SSSR count). The molecule has 1 aromatic heterocycles. The monoisotopic (exact) mass is 359 g/mol. The molecule has 0 spiro atoms. The molecule has 7 heteroatoms. The van der Waals surface area contributed by atoms with E-state index in [1.807, 2.05) is 13.0 Å². The van der Waals surface area contributed by atoms with Crippen molar-refractivity contribution in [3.8, 4) is 0 Å². The minimum atomic E-state index is -0.278. The van der Waals surface area contributed by atoms with E-state index in [-0.39, 0.29) is 54.6 Å². The number of fused-ring (bicyclic) bond motifs is 1. The third-order valence-corrected chi connectivity index (χ3v) is 5.45. The molecular weight excluding hydrogens is 334 g/mol. The van der Waals surface area contributed by atoms with E-state index in [1.165, 1.54) is 4.90 Å². The normalized spacial score (nSPS) is 22.5. The Hall–Kier alpha value is -2.44. The van der Waals surface area contributed by atoms with Crippen molar-refractivity contribution in [3.63, 3.8) is 0 Å². The number of aryl methyl sites for hydroxylation is 2. The number of carbonyl (C=O) groups is 3. The molecule has 0 aromatic carbocycles. The third-order valence-electron chi connectivity index (χ3n) is 5.45. The number of aromatic nitrogens is 1. The summed E-state index contributed by atoms with van der Waals surface area (Å²) in [4.78, 5) is 52.8. The molecule has 140 valence electrons. The number of aromatic amines is 1. The van der Waals surface area contributed by atoms with Crippen LogP contribution in [-0.4, -0.2) is 34.2 Å². The molecule has 1 saturated carbocycles. The number of hydrogen-bond donors (Lipinski definition) is 2. The zero-order valence-electron chi connectivity index (χ0n) is 15.3. The van der Waals surface area contributed by atoms with Gasteiger partial charge in [-0.05, 0) is 38.3 Å². The zero-order chi connectivity index (χ0) is 18.8. The fourth-order valence-electron chi connectivity index (χ4n) is 4.04. The highest BCUT2D eigenvalue weighted by molar-refractivity contribution is 6.05. The van der Waals surface area contributed by atoms with Crippen LogP contribution in [0, 0.1) is 25.7 Å². The van der Waals surface area contributed by atoms with Gasteiger partial charge >= 0.3 is 0 Å². The van der Waals surface area contributed by atoms with Crippen LogP contribution in [0.3, 0.4) is 0 Å². The quantitative estimate of drug-likeness (QED) is 0.771. The van der Waals surface area contributed by atoms with Gasteiger partial charge in [-0.15, -0.1) is 0 Å². The Labute approximate surface area is 152 Å². The highest BCUT2D eigenvalue weighted by Gasteiger charge is 2.47. The number of H-pyrrole nitrogens is 1. The van der Waals surface area contributed by atoms with Gasteiger partial charge in [-0.25, -0.2) is 0 Å². The number of amides is 3. The first-order valence-corrected chi connectivity index (χ1v) is 9.20. The van der Waals surface area contributed by atoms with E-state index < -0.39 is 0 Å². The predicted octanol–water partition coefficient (Wildman–Crippen LogP) is 1.17. The van der Waals surface area contributed by atoms with Gasteiger partial charge in [0, 0.05) is 30.8 Å². The fraction of sp³-hybridized carbons (Fsp3) is 0.579. The van der Waals surface area contributed by atoms with Gasteiger partial charge < -0.3 is 10.3 Å². The maximum absolute atomic E-state index is 12.4. The van der Waals surface area contributed by atoms with Crippen molar-refractivity contribution in [3.05, 3.63) is 33.2 Å². The van der Waals surface area contributed by atoms with Crippen LogP contribution in [0.15, 0.2) is 10.9 Å². The lowest BCUT2D eigenvalue weighted by atomic mass is 9.81. The number of nitrogens with zero attached hydrogens (tertiary/aromatic N) is 1. The average molecular weight is 359 g/mol. The minimum Gasteiger partial charge on any atom is -0.352 e. The van der Waals surface area contributed by atoms with Crippen LogP contribution in [0.25, 0.3) is 0 Å². The molecule has 1 aromatic rings. The molecule has 26 heavy (non-hydrogen) atoms. The van der Waals surface area contributed by atoms with E-state index in [2.05, 4.69) is 10.3 Å². The van der Waals surface area contributed by atoms with Gasteiger partial charge in [0.25, 0.3) is 5.56 Å². The topological polar surface area (TPSA) is 99.3 Å². The van der Waals surface area contributed by atoms with E-state index in [9.17, 15) is 19.2 Å². The van der Waals surface area contributed by atoms with Gasteiger partial charge in [0.1, 0.15) is 0 Å². The molecule has 2 aliphatic rings. The lowest BCUT2D eigenvalue weighted by molar-refractivity contribution is -0.140. The standard InChI is InChI=1S/C19H25N3O4/c1-11-9-12(2)21-17(24)15(11)10-20-16(23)7-8-22-18(25)13-5-3-4-6-14(13)19(22)26/h9,13-14H,3-8,10H2,1-2H3,(H,20,23)(H,21,24)/t13-,14+. The Bertz CT molecular complexity index is 774.